The summed E-state index contributed by atoms with van der Waals surface area (Å²) in [6, 6.07) is 46.2. The maximum Gasteiger partial charge on any atom is 0.0573 e. The highest BCUT2D eigenvalue weighted by Gasteiger charge is 2.18. The zero-order valence-electron chi connectivity index (χ0n) is 44.4. The van der Waals surface area contributed by atoms with Crippen molar-refractivity contribution in [2.45, 2.75) is 206 Å². The first-order valence-electron chi connectivity index (χ1n) is 29.2. The number of hydrogen-bond acceptors (Lipinski definition) is 0. The second-order valence-electron chi connectivity index (χ2n) is 21.4. The second-order valence-corrected chi connectivity index (χ2v) is 23.2. The number of nitrogens with zero attached hydrogens (tertiary/aromatic N) is 2. The molecular formula is C68H86Br2N2. The lowest BCUT2D eigenvalue weighted by Gasteiger charge is -2.14. The summed E-state index contributed by atoms with van der Waals surface area (Å²) in [5.74, 6) is 0. The van der Waals surface area contributed by atoms with Crippen LogP contribution < -0.4 is 0 Å². The van der Waals surface area contributed by atoms with Crippen molar-refractivity contribution in [3.63, 3.8) is 0 Å². The monoisotopic (exact) mass is 1090 g/mol. The zero-order chi connectivity index (χ0) is 49.7. The minimum absolute atomic E-state index is 1.11. The Kier molecular flexibility index (Phi) is 21.9. The van der Waals surface area contributed by atoms with Gasteiger partial charge in [0.15, 0.2) is 0 Å². The summed E-state index contributed by atoms with van der Waals surface area (Å²) in [5, 5.41) is 5.30. The number of fused-ring (bicyclic) bond motifs is 6. The SMILES string of the molecule is CCCCCCCCCCCCCCCCc1cccc2c3cc(Br)ccc3n(-c3ccc(-c4ccc(-n5c6ccc(Br)cc6c6cccc(CCCCCCCCCCCCCCCC)c65)cc4)cc3)c12. The van der Waals surface area contributed by atoms with Crippen LogP contribution in [0.3, 0.4) is 0 Å². The summed E-state index contributed by atoms with van der Waals surface area (Å²) in [5.41, 5.74) is 13.1. The molecule has 0 unspecified atom stereocenters. The highest BCUT2D eigenvalue weighted by molar-refractivity contribution is 9.10. The number of benzene rings is 6. The number of hydrogen-bond donors (Lipinski definition) is 0. The van der Waals surface area contributed by atoms with Crippen molar-refractivity contribution < 1.29 is 0 Å². The van der Waals surface area contributed by atoms with Gasteiger partial charge in [0.1, 0.15) is 0 Å². The van der Waals surface area contributed by atoms with Gasteiger partial charge < -0.3 is 9.13 Å². The number of halogens is 2. The molecule has 0 spiro atoms. The van der Waals surface area contributed by atoms with Crippen molar-refractivity contribution in [3.8, 4) is 22.5 Å². The number of rotatable bonds is 33. The van der Waals surface area contributed by atoms with E-state index in [4.69, 9.17) is 0 Å². The van der Waals surface area contributed by atoms with Gasteiger partial charge in [-0.2, -0.15) is 0 Å². The largest absolute Gasteiger partial charge is 0.309 e. The Balaban J connectivity index is 0.913. The molecule has 0 N–H and O–H groups in total. The van der Waals surface area contributed by atoms with Gasteiger partial charge in [0.05, 0.1) is 22.1 Å². The lowest BCUT2D eigenvalue weighted by Crippen LogP contribution is -1.98. The fraction of sp³-hybridized carbons (Fsp3) is 0.471. The average molecular weight is 1090 g/mol. The summed E-state index contributed by atoms with van der Waals surface area (Å²) in [6.45, 7) is 4.61. The van der Waals surface area contributed by atoms with E-state index >= 15 is 0 Å². The maximum atomic E-state index is 3.80. The van der Waals surface area contributed by atoms with E-state index in [1.165, 1.54) is 257 Å². The smallest absolute Gasteiger partial charge is 0.0573 e. The van der Waals surface area contributed by atoms with Crippen LogP contribution >= 0.6 is 31.9 Å². The van der Waals surface area contributed by atoms with Crippen LogP contribution in [0.4, 0.5) is 0 Å². The van der Waals surface area contributed by atoms with E-state index in [1.54, 1.807) is 0 Å². The molecule has 8 rings (SSSR count). The molecule has 0 aliphatic carbocycles. The van der Waals surface area contributed by atoms with Gasteiger partial charge in [0, 0.05) is 41.9 Å². The van der Waals surface area contributed by atoms with Crippen molar-refractivity contribution in [1.82, 2.24) is 9.13 Å². The summed E-state index contributed by atoms with van der Waals surface area (Å²) < 4.78 is 7.31. The summed E-state index contributed by atoms with van der Waals surface area (Å²) in [6.07, 6.45) is 41.1. The number of aromatic nitrogens is 2. The van der Waals surface area contributed by atoms with Gasteiger partial charge in [-0.15, -0.1) is 0 Å². The van der Waals surface area contributed by atoms with Gasteiger partial charge in [0.2, 0.25) is 0 Å². The van der Waals surface area contributed by atoms with E-state index in [9.17, 15) is 0 Å². The van der Waals surface area contributed by atoms with Crippen molar-refractivity contribution in [2.24, 2.45) is 0 Å². The van der Waals surface area contributed by atoms with Crippen LogP contribution in [0, 0.1) is 0 Å². The molecule has 382 valence electrons. The summed E-state index contributed by atoms with van der Waals surface area (Å²) in [4.78, 5) is 0. The Bertz CT molecular complexity index is 2660. The lowest BCUT2D eigenvalue weighted by molar-refractivity contribution is 0.535. The fourth-order valence-corrected chi connectivity index (χ4v) is 12.5. The first kappa shape index (κ1) is 54.2. The van der Waals surface area contributed by atoms with E-state index in [0.717, 1.165) is 21.8 Å². The van der Waals surface area contributed by atoms with Gasteiger partial charge in [-0.25, -0.2) is 0 Å². The van der Waals surface area contributed by atoms with Crippen LogP contribution in [0.2, 0.25) is 0 Å². The molecule has 0 fully saturated rings. The Labute approximate surface area is 452 Å². The Morgan fingerprint density at radius 1 is 0.306 bits per heavy atom. The van der Waals surface area contributed by atoms with Crippen LogP contribution in [-0.4, -0.2) is 9.13 Å². The van der Waals surface area contributed by atoms with E-state index in [-0.39, 0.29) is 0 Å². The zero-order valence-corrected chi connectivity index (χ0v) is 47.6. The maximum absolute atomic E-state index is 3.80. The summed E-state index contributed by atoms with van der Waals surface area (Å²) in [7, 11) is 0. The summed E-state index contributed by atoms with van der Waals surface area (Å²) >= 11 is 7.61. The van der Waals surface area contributed by atoms with Crippen molar-refractivity contribution >= 4 is 75.5 Å². The minimum atomic E-state index is 1.11. The van der Waals surface area contributed by atoms with Gasteiger partial charge >= 0.3 is 0 Å². The average Bonchev–Trinajstić information content (AvgIpc) is 3.91. The molecule has 6 aromatic carbocycles. The van der Waals surface area contributed by atoms with Gasteiger partial charge in [-0.3, -0.25) is 0 Å². The van der Waals surface area contributed by atoms with Crippen molar-refractivity contribution in [3.05, 3.63) is 141 Å². The molecule has 0 amide bonds. The predicted molar refractivity (Wildman–Crippen MR) is 324 cm³/mol. The van der Waals surface area contributed by atoms with E-state index in [0.29, 0.717) is 0 Å². The number of para-hydroxylation sites is 2. The molecule has 8 aromatic rings. The molecule has 0 radical (unpaired) electrons. The lowest BCUT2D eigenvalue weighted by atomic mass is 10.0. The first-order valence-corrected chi connectivity index (χ1v) is 30.8. The molecule has 0 bridgehead atoms. The topological polar surface area (TPSA) is 9.86 Å². The highest BCUT2D eigenvalue weighted by Crippen LogP contribution is 2.39. The number of unbranched alkanes of at least 4 members (excludes halogenated alkanes) is 26. The predicted octanol–water partition coefficient (Wildman–Crippen LogP) is 23.1. The fourth-order valence-electron chi connectivity index (χ4n) is 11.8. The Hall–Kier alpha value is -4.12. The Morgan fingerprint density at radius 3 is 0.931 bits per heavy atom. The van der Waals surface area contributed by atoms with Crippen molar-refractivity contribution in [2.75, 3.05) is 0 Å². The first-order chi connectivity index (χ1) is 35.6. The third-order valence-corrected chi connectivity index (χ3v) is 16.8. The molecular weight excluding hydrogens is 1000 g/mol. The minimum Gasteiger partial charge on any atom is -0.309 e. The van der Waals surface area contributed by atoms with Crippen LogP contribution in [0.5, 0.6) is 0 Å². The molecule has 72 heavy (non-hydrogen) atoms. The van der Waals surface area contributed by atoms with Gasteiger partial charge in [-0.1, -0.05) is 273 Å². The molecule has 0 saturated carbocycles. The van der Waals surface area contributed by atoms with Crippen LogP contribution in [0.1, 0.15) is 205 Å². The number of aryl methyl sites for hydroxylation is 2. The highest BCUT2D eigenvalue weighted by atomic mass is 79.9. The molecule has 0 atom stereocenters. The van der Waals surface area contributed by atoms with Crippen molar-refractivity contribution in [1.29, 1.82) is 0 Å². The Morgan fingerprint density at radius 2 is 0.611 bits per heavy atom. The van der Waals surface area contributed by atoms with Crippen LogP contribution in [-0.2, 0) is 12.8 Å². The van der Waals surface area contributed by atoms with E-state index < -0.39 is 0 Å². The van der Waals surface area contributed by atoms with Gasteiger partial charge in [-0.05, 0) is 109 Å². The van der Waals surface area contributed by atoms with Gasteiger partial charge in [0.25, 0.3) is 0 Å². The second kappa shape index (κ2) is 29.1. The van der Waals surface area contributed by atoms with Crippen LogP contribution in [0.25, 0.3) is 66.1 Å². The quantitative estimate of drug-likeness (QED) is 0.0363. The van der Waals surface area contributed by atoms with E-state index in [1.807, 2.05) is 0 Å². The van der Waals surface area contributed by atoms with Crippen LogP contribution in [0.15, 0.2) is 130 Å². The molecule has 2 heterocycles. The molecule has 0 saturated heterocycles. The third-order valence-electron chi connectivity index (χ3n) is 15.8. The molecule has 0 aliphatic heterocycles. The normalized spacial score (nSPS) is 11.9. The molecule has 2 nitrogen and oxygen atoms in total. The molecule has 2 aromatic heterocycles. The molecule has 4 heteroatoms. The molecule has 0 aliphatic rings. The van der Waals surface area contributed by atoms with E-state index in [2.05, 4.69) is 176 Å². The third kappa shape index (κ3) is 14.6. The standard InChI is InChI=1S/C68H86Br2N2/c1-3-5-7-9-11-13-15-17-19-21-23-25-27-29-33-55-35-31-37-61-63-51-57(69)43-49-65(63)71(67(55)61)59-45-39-53(40-46-59)54-41-47-60(48-42-54)72-66-50-44-58(70)52-64(66)62-38-32-36-56(68(62)72)34-30-28-26-24-22-20-18-16-14-12-10-8-6-4-2/h31-32,35-52H,3-30,33-34H2,1-2H3.